The van der Waals surface area contributed by atoms with Crippen molar-refractivity contribution in [3.63, 3.8) is 0 Å². The van der Waals surface area contributed by atoms with Crippen molar-refractivity contribution >= 4 is 5.91 Å². The summed E-state index contributed by atoms with van der Waals surface area (Å²) in [5.74, 6) is 0.00137. The number of carbonyl (C=O) groups is 1. The minimum Gasteiger partial charge on any atom is -0.391 e. The molecule has 0 aromatic carbocycles. The van der Waals surface area contributed by atoms with E-state index in [1.165, 1.54) is 0 Å². The summed E-state index contributed by atoms with van der Waals surface area (Å²) in [4.78, 5) is 14.1. The predicted octanol–water partition coefficient (Wildman–Crippen LogP) is 0.981. The van der Waals surface area contributed by atoms with Crippen molar-refractivity contribution in [1.82, 2.24) is 4.90 Å². The molecule has 17 heavy (non-hydrogen) atoms. The number of piperidine rings is 1. The van der Waals surface area contributed by atoms with Gasteiger partial charge in [0, 0.05) is 19.6 Å². The highest BCUT2D eigenvalue weighted by Crippen LogP contribution is 2.26. The van der Waals surface area contributed by atoms with Gasteiger partial charge in [-0.1, -0.05) is 20.8 Å². The van der Waals surface area contributed by atoms with E-state index in [1.807, 2.05) is 0 Å². The molecule has 1 heterocycles. The molecule has 1 saturated heterocycles. The summed E-state index contributed by atoms with van der Waals surface area (Å²) in [6.07, 6.45) is 2.13. The average molecular weight is 242 g/mol. The van der Waals surface area contributed by atoms with Crippen LogP contribution in [0.5, 0.6) is 0 Å². The number of aliphatic hydroxyl groups excluding tert-OH is 1. The van der Waals surface area contributed by atoms with Crippen molar-refractivity contribution in [3.8, 4) is 0 Å². The molecule has 1 aliphatic heterocycles. The van der Waals surface area contributed by atoms with Gasteiger partial charge >= 0.3 is 0 Å². The van der Waals surface area contributed by atoms with E-state index in [9.17, 15) is 9.90 Å². The Hall–Kier alpha value is -0.610. The van der Waals surface area contributed by atoms with Crippen molar-refractivity contribution in [3.05, 3.63) is 0 Å². The van der Waals surface area contributed by atoms with E-state index in [-0.39, 0.29) is 23.3 Å². The van der Waals surface area contributed by atoms with E-state index < -0.39 is 0 Å². The van der Waals surface area contributed by atoms with Crippen LogP contribution in [0.2, 0.25) is 0 Å². The number of amides is 1. The van der Waals surface area contributed by atoms with Crippen LogP contribution in [0.3, 0.4) is 0 Å². The Labute approximate surface area is 104 Å². The lowest BCUT2D eigenvalue weighted by Gasteiger charge is -2.34. The van der Waals surface area contributed by atoms with E-state index in [2.05, 4.69) is 20.8 Å². The summed E-state index contributed by atoms with van der Waals surface area (Å²) in [6.45, 7) is 7.98. The second-order valence-electron chi connectivity index (χ2n) is 6.28. The number of nitrogens with zero attached hydrogens (tertiary/aromatic N) is 1. The molecule has 0 bridgehead atoms. The second kappa shape index (κ2) is 5.83. The second-order valence-corrected chi connectivity index (χ2v) is 6.28. The predicted molar refractivity (Wildman–Crippen MR) is 68.4 cm³/mol. The monoisotopic (exact) mass is 242 g/mol. The highest BCUT2D eigenvalue weighted by Gasteiger charge is 2.30. The number of carbonyl (C=O) groups excluding carboxylic acids is 1. The molecular formula is C13H26N2O2. The van der Waals surface area contributed by atoms with Crippen molar-refractivity contribution < 1.29 is 9.90 Å². The van der Waals surface area contributed by atoms with Gasteiger partial charge in [0.25, 0.3) is 0 Å². The van der Waals surface area contributed by atoms with Crippen LogP contribution < -0.4 is 5.73 Å². The van der Waals surface area contributed by atoms with Crippen molar-refractivity contribution in [2.45, 2.75) is 46.1 Å². The van der Waals surface area contributed by atoms with Crippen molar-refractivity contribution in [2.75, 3.05) is 19.6 Å². The molecule has 1 amide bonds. The third-order valence-electron chi connectivity index (χ3n) is 3.20. The van der Waals surface area contributed by atoms with Crippen LogP contribution in [0.25, 0.3) is 0 Å². The van der Waals surface area contributed by atoms with Crippen LogP contribution in [0.1, 0.15) is 40.0 Å². The van der Waals surface area contributed by atoms with E-state index in [0.29, 0.717) is 13.1 Å². The summed E-state index contributed by atoms with van der Waals surface area (Å²) >= 11 is 0. The minimum absolute atomic E-state index is 0.105. The number of nitrogens with two attached hydrogens (primary N) is 1. The number of aliphatic hydroxyl groups is 1. The van der Waals surface area contributed by atoms with Gasteiger partial charge in [0.15, 0.2) is 0 Å². The minimum atomic E-state index is -0.360. The lowest BCUT2D eigenvalue weighted by Crippen LogP contribution is -2.47. The Morgan fingerprint density at radius 3 is 2.65 bits per heavy atom. The number of likely N-dealkylation sites (tertiary alicyclic amines) is 1. The fourth-order valence-electron chi connectivity index (χ4n) is 2.42. The maximum Gasteiger partial charge on any atom is 0.227 e. The first-order valence-corrected chi connectivity index (χ1v) is 6.50. The van der Waals surface area contributed by atoms with Gasteiger partial charge in [-0.3, -0.25) is 4.79 Å². The maximum atomic E-state index is 12.3. The first-order chi connectivity index (χ1) is 7.83. The molecule has 2 atom stereocenters. The molecule has 0 saturated carbocycles. The quantitative estimate of drug-likeness (QED) is 0.775. The zero-order valence-corrected chi connectivity index (χ0v) is 11.3. The summed E-state index contributed by atoms with van der Waals surface area (Å²) in [7, 11) is 0. The van der Waals surface area contributed by atoms with Crippen LogP contribution in [-0.2, 0) is 4.79 Å². The molecule has 3 N–H and O–H groups in total. The zero-order chi connectivity index (χ0) is 13.1. The van der Waals surface area contributed by atoms with Gasteiger partial charge in [0.2, 0.25) is 5.91 Å². The molecule has 0 spiro atoms. The Morgan fingerprint density at radius 1 is 1.53 bits per heavy atom. The smallest absolute Gasteiger partial charge is 0.227 e. The summed E-state index contributed by atoms with van der Waals surface area (Å²) in [5.41, 5.74) is 5.82. The van der Waals surface area contributed by atoms with E-state index >= 15 is 0 Å². The molecule has 0 aromatic rings. The lowest BCUT2D eigenvalue weighted by atomic mass is 9.84. The standard InChI is InChI=1S/C13H26N2O2/c1-13(2,3)7-10(8-14)12(17)15-6-4-5-11(16)9-15/h10-11,16H,4-9,14H2,1-3H3. The van der Waals surface area contributed by atoms with Crippen LogP contribution in [0, 0.1) is 11.3 Å². The molecule has 1 aliphatic rings. The molecule has 4 nitrogen and oxygen atoms in total. The largest absolute Gasteiger partial charge is 0.391 e. The van der Waals surface area contributed by atoms with Gasteiger partial charge in [-0.15, -0.1) is 0 Å². The summed E-state index contributed by atoms with van der Waals surface area (Å²) < 4.78 is 0. The molecule has 1 rings (SSSR count). The highest BCUT2D eigenvalue weighted by atomic mass is 16.3. The molecule has 100 valence electrons. The third kappa shape index (κ3) is 4.64. The van der Waals surface area contributed by atoms with E-state index in [0.717, 1.165) is 25.8 Å². The van der Waals surface area contributed by atoms with Crippen LogP contribution in [0.4, 0.5) is 0 Å². The van der Waals surface area contributed by atoms with Gasteiger partial charge < -0.3 is 15.7 Å². The molecule has 0 aliphatic carbocycles. The van der Waals surface area contributed by atoms with Crippen molar-refractivity contribution in [2.24, 2.45) is 17.1 Å². The molecule has 4 heteroatoms. The summed E-state index contributed by atoms with van der Waals surface area (Å²) in [6, 6.07) is 0. The van der Waals surface area contributed by atoms with E-state index in [4.69, 9.17) is 5.73 Å². The Kier molecular flexibility index (Phi) is 4.95. The average Bonchev–Trinajstić information content (AvgIpc) is 2.23. The van der Waals surface area contributed by atoms with Crippen LogP contribution in [-0.4, -0.2) is 41.7 Å². The fourth-order valence-corrected chi connectivity index (χ4v) is 2.42. The van der Waals surface area contributed by atoms with Gasteiger partial charge in [-0.2, -0.15) is 0 Å². The third-order valence-corrected chi connectivity index (χ3v) is 3.20. The Balaban J connectivity index is 2.59. The summed E-state index contributed by atoms with van der Waals surface area (Å²) in [5, 5.41) is 9.59. The van der Waals surface area contributed by atoms with Gasteiger partial charge in [-0.25, -0.2) is 0 Å². The van der Waals surface area contributed by atoms with Crippen LogP contribution >= 0.6 is 0 Å². The molecular weight excluding hydrogens is 216 g/mol. The van der Waals surface area contributed by atoms with E-state index in [1.54, 1.807) is 4.90 Å². The number of hydrogen-bond acceptors (Lipinski definition) is 3. The van der Waals surface area contributed by atoms with Gasteiger partial charge in [0.1, 0.15) is 0 Å². The maximum absolute atomic E-state index is 12.3. The first-order valence-electron chi connectivity index (χ1n) is 6.50. The normalized spacial score (nSPS) is 23.6. The number of hydrogen-bond donors (Lipinski definition) is 2. The highest BCUT2D eigenvalue weighted by molar-refractivity contribution is 5.79. The van der Waals surface area contributed by atoms with Gasteiger partial charge in [-0.05, 0) is 24.7 Å². The van der Waals surface area contributed by atoms with Gasteiger partial charge in [0.05, 0.1) is 12.0 Å². The molecule has 2 unspecified atom stereocenters. The molecule has 0 aromatic heterocycles. The Bertz CT molecular complexity index is 261. The SMILES string of the molecule is CC(C)(C)CC(CN)C(=O)N1CCCC(O)C1. The number of β-amino-alcohol motifs (C(OH)–C–C–N with tert-alkyl or cyclic N) is 1. The van der Waals surface area contributed by atoms with Crippen LogP contribution in [0.15, 0.2) is 0 Å². The topological polar surface area (TPSA) is 66.6 Å². The molecule has 1 fully saturated rings. The lowest BCUT2D eigenvalue weighted by molar-refractivity contribution is -0.139. The zero-order valence-electron chi connectivity index (χ0n) is 11.3. The fraction of sp³-hybridized carbons (Fsp3) is 0.923. The molecule has 0 radical (unpaired) electrons. The Morgan fingerprint density at radius 2 is 2.18 bits per heavy atom. The number of rotatable bonds is 3. The van der Waals surface area contributed by atoms with Crippen molar-refractivity contribution in [1.29, 1.82) is 0 Å². The first kappa shape index (κ1) is 14.5.